The van der Waals surface area contributed by atoms with Crippen LogP contribution in [0.4, 0.5) is 0 Å². The van der Waals surface area contributed by atoms with E-state index in [1.54, 1.807) is 6.20 Å². The summed E-state index contributed by atoms with van der Waals surface area (Å²) in [5.74, 6) is 1.37. The Bertz CT molecular complexity index is 514. The van der Waals surface area contributed by atoms with Crippen molar-refractivity contribution >= 4 is 22.6 Å². The van der Waals surface area contributed by atoms with Crippen molar-refractivity contribution in [3.63, 3.8) is 0 Å². The highest BCUT2D eigenvalue weighted by atomic mass is 35.5. The molecule has 4 heteroatoms. The molecule has 2 heterocycles. The van der Waals surface area contributed by atoms with Crippen LogP contribution in [0.15, 0.2) is 18.5 Å². The summed E-state index contributed by atoms with van der Waals surface area (Å²) in [6.07, 6.45) is 5.72. The van der Waals surface area contributed by atoms with E-state index >= 15 is 0 Å². The average Bonchev–Trinajstić information content (AvgIpc) is 2.76. The van der Waals surface area contributed by atoms with Crippen LogP contribution >= 0.6 is 11.6 Å². The molecule has 0 atom stereocenters. The van der Waals surface area contributed by atoms with Crippen molar-refractivity contribution in [2.45, 2.75) is 45.0 Å². The lowest BCUT2D eigenvalue weighted by Gasteiger charge is -2.31. The summed E-state index contributed by atoms with van der Waals surface area (Å²) in [5, 5.41) is 0. The van der Waals surface area contributed by atoms with Crippen LogP contribution in [-0.2, 0) is 11.4 Å². The standard InChI is InChI=1S/C13H18ClN3/c1-4-13(3,5-2)17-11-6-7-15-9-10(11)16-12(17)8-14/h6-7,9H,4-5,8H2,1-3H3. The van der Waals surface area contributed by atoms with Crippen LogP contribution in [0.1, 0.15) is 39.4 Å². The quantitative estimate of drug-likeness (QED) is 0.776. The van der Waals surface area contributed by atoms with Gasteiger partial charge in [0.2, 0.25) is 0 Å². The molecule has 0 amide bonds. The minimum absolute atomic E-state index is 0.0698. The molecular formula is C13H18ClN3. The summed E-state index contributed by atoms with van der Waals surface area (Å²) in [6.45, 7) is 6.66. The molecule has 0 spiro atoms. The van der Waals surface area contributed by atoms with Crippen LogP contribution in [0.2, 0.25) is 0 Å². The molecule has 2 rings (SSSR count). The lowest BCUT2D eigenvalue weighted by Crippen LogP contribution is -2.29. The zero-order valence-electron chi connectivity index (χ0n) is 10.6. The average molecular weight is 252 g/mol. The molecule has 0 aromatic carbocycles. The van der Waals surface area contributed by atoms with Gasteiger partial charge in [-0.25, -0.2) is 4.98 Å². The number of fused-ring (bicyclic) bond motifs is 1. The topological polar surface area (TPSA) is 30.7 Å². The maximum Gasteiger partial charge on any atom is 0.125 e. The predicted molar refractivity (Wildman–Crippen MR) is 71.3 cm³/mol. The van der Waals surface area contributed by atoms with Gasteiger partial charge in [-0.3, -0.25) is 4.98 Å². The predicted octanol–water partition coefficient (Wildman–Crippen LogP) is 3.71. The fraction of sp³-hybridized carbons (Fsp3) is 0.538. The third-order valence-electron chi connectivity index (χ3n) is 3.71. The van der Waals surface area contributed by atoms with E-state index in [0.717, 1.165) is 29.7 Å². The van der Waals surface area contributed by atoms with Crippen LogP contribution in [0.5, 0.6) is 0 Å². The molecule has 0 fully saturated rings. The van der Waals surface area contributed by atoms with Crippen LogP contribution < -0.4 is 0 Å². The molecule has 0 aliphatic rings. The molecular weight excluding hydrogens is 234 g/mol. The molecule has 2 aromatic rings. The van der Waals surface area contributed by atoms with Gasteiger partial charge in [0.15, 0.2) is 0 Å². The number of pyridine rings is 1. The molecule has 0 aliphatic carbocycles. The summed E-state index contributed by atoms with van der Waals surface area (Å²) in [4.78, 5) is 8.68. The van der Waals surface area contributed by atoms with Crippen molar-refractivity contribution < 1.29 is 0 Å². The fourth-order valence-corrected chi connectivity index (χ4v) is 2.42. The number of halogens is 1. The Hall–Kier alpha value is -1.09. The Morgan fingerprint density at radius 2 is 2.06 bits per heavy atom. The van der Waals surface area contributed by atoms with Gasteiger partial charge in [-0.1, -0.05) is 13.8 Å². The van der Waals surface area contributed by atoms with Crippen LogP contribution in [0.25, 0.3) is 11.0 Å². The van der Waals surface area contributed by atoms with Gasteiger partial charge in [0.25, 0.3) is 0 Å². The second kappa shape index (κ2) is 4.65. The fourth-order valence-electron chi connectivity index (χ4n) is 2.24. The van der Waals surface area contributed by atoms with Crippen LogP contribution in [0.3, 0.4) is 0 Å². The largest absolute Gasteiger partial charge is 0.321 e. The zero-order chi connectivity index (χ0) is 12.5. The number of nitrogens with zero attached hydrogens (tertiary/aromatic N) is 3. The number of hydrogen-bond acceptors (Lipinski definition) is 2. The summed E-state index contributed by atoms with van der Waals surface area (Å²) < 4.78 is 2.27. The first-order valence-corrected chi connectivity index (χ1v) is 6.57. The van der Waals surface area contributed by atoms with Crippen molar-refractivity contribution in [3.05, 3.63) is 24.3 Å². The van der Waals surface area contributed by atoms with E-state index in [-0.39, 0.29) is 5.54 Å². The molecule has 0 aliphatic heterocycles. The third kappa shape index (κ3) is 1.93. The minimum atomic E-state index is 0.0698. The summed E-state index contributed by atoms with van der Waals surface area (Å²) in [6, 6.07) is 2.02. The van der Waals surface area contributed by atoms with Gasteiger partial charge >= 0.3 is 0 Å². The lowest BCUT2D eigenvalue weighted by molar-refractivity contribution is 0.296. The Morgan fingerprint density at radius 1 is 1.35 bits per heavy atom. The van der Waals surface area contributed by atoms with Crippen LogP contribution in [-0.4, -0.2) is 14.5 Å². The number of alkyl halides is 1. The van der Waals surface area contributed by atoms with E-state index in [0.29, 0.717) is 5.88 Å². The molecule has 2 aromatic heterocycles. The van der Waals surface area contributed by atoms with Gasteiger partial charge in [0, 0.05) is 11.7 Å². The van der Waals surface area contributed by atoms with Crippen LogP contribution in [0, 0.1) is 0 Å². The maximum absolute atomic E-state index is 6.02. The Morgan fingerprint density at radius 3 is 2.65 bits per heavy atom. The lowest BCUT2D eigenvalue weighted by atomic mass is 9.94. The molecule has 0 saturated carbocycles. The highest BCUT2D eigenvalue weighted by Crippen LogP contribution is 2.31. The Kier molecular flexibility index (Phi) is 3.38. The number of imidazole rings is 1. The van der Waals surface area contributed by atoms with Crippen molar-refractivity contribution in [3.8, 4) is 0 Å². The third-order valence-corrected chi connectivity index (χ3v) is 3.95. The van der Waals surface area contributed by atoms with Gasteiger partial charge in [0.05, 0.1) is 17.6 Å². The first-order chi connectivity index (χ1) is 8.16. The van der Waals surface area contributed by atoms with E-state index in [2.05, 4.69) is 35.3 Å². The number of hydrogen-bond donors (Lipinski definition) is 0. The van der Waals surface area contributed by atoms with Gasteiger partial charge in [-0.2, -0.15) is 0 Å². The molecule has 92 valence electrons. The van der Waals surface area contributed by atoms with E-state index in [4.69, 9.17) is 11.6 Å². The number of aromatic nitrogens is 3. The highest BCUT2D eigenvalue weighted by molar-refractivity contribution is 6.16. The Balaban J connectivity index is 2.73. The van der Waals surface area contributed by atoms with Gasteiger partial charge in [-0.15, -0.1) is 11.6 Å². The summed E-state index contributed by atoms with van der Waals surface area (Å²) in [7, 11) is 0. The van der Waals surface area contributed by atoms with Crippen molar-refractivity contribution in [2.75, 3.05) is 0 Å². The Labute approximate surface area is 107 Å². The molecule has 3 nitrogen and oxygen atoms in total. The van der Waals surface area contributed by atoms with Gasteiger partial charge in [0.1, 0.15) is 11.3 Å². The van der Waals surface area contributed by atoms with E-state index in [9.17, 15) is 0 Å². The minimum Gasteiger partial charge on any atom is -0.321 e. The molecule has 0 saturated heterocycles. The highest BCUT2D eigenvalue weighted by Gasteiger charge is 2.26. The molecule has 17 heavy (non-hydrogen) atoms. The van der Waals surface area contributed by atoms with E-state index in [1.807, 2.05) is 12.3 Å². The first kappa shape index (κ1) is 12.4. The van der Waals surface area contributed by atoms with Crippen molar-refractivity contribution in [2.24, 2.45) is 0 Å². The van der Waals surface area contributed by atoms with Crippen molar-refractivity contribution in [1.29, 1.82) is 0 Å². The second-order valence-corrected chi connectivity index (χ2v) is 4.83. The molecule has 0 N–H and O–H groups in total. The molecule has 0 radical (unpaired) electrons. The maximum atomic E-state index is 6.02. The number of rotatable bonds is 4. The summed E-state index contributed by atoms with van der Waals surface area (Å²) >= 11 is 6.02. The van der Waals surface area contributed by atoms with Gasteiger partial charge < -0.3 is 4.57 Å². The molecule has 0 bridgehead atoms. The monoisotopic (exact) mass is 251 g/mol. The second-order valence-electron chi connectivity index (χ2n) is 4.57. The first-order valence-electron chi connectivity index (χ1n) is 6.04. The summed E-state index contributed by atoms with van der Waals surface area (Å²) in [5.41, 5.74) is 2.12. The molecule has 0 unspecified atom stereocenters. The van der Waals surface area contributed by atoms with Crippen molar-refractivity contribution in [1.82, 2.24) is 14.5 Å². The van der Waals surface area contributed by atoms with E-state index in [1.165, 1.54) is 0 Å². The zero-order valence-corrected chi connectivity index (χ0v) is 11.3. The normalized spacial score (nSPS) is 12.2. The van der Waals surface area contributed by atoms with Gasteiger partial charge in [-0.05, 0) is 25.8 Å². The smallest absolute Gasteiger partial charge is 0.125 e. The van der Waals surface area contributed by atoms with E-state index < -0.39 is 0 Å². The SMILES string of the molecule is CCC(C)(CC)n1c(CCl)nc2cnccc21.